The number of hydrogen-bond acceptors (Lipinski definition) is 6. The van der Waals surface area contributed by atoms with Crippen LogP contribution in [0.1, 0.15) is 31.0 Å². The second kappa shape index (κ2) is 8.06. The fourth-order valence-corrected chi connectivity index (χ4v) is 4.30. The molecule has 0 spiro atoms. The number of nitrogens with zero attached hydrogens (tertiary/aromatic N) is 3. The summed E-state index contributed by atoms with van der Waals surface area (Å²) in [6.45, 7) is 3.17. The quantitative estimate of drug-likeness (QED) is 0.636. The SMILES string of the molecule is COc1cc(Cl)ncc1NC(=O)C1(c2nc(F)ccc2C(C)C)CN(S(N)(=O)=O)C1. The van der Waals surface area contributed by atoms with E-state index < -0.39 is 27.5 Å². The molecule has 3 heterocycles. The molecular weight excluding hydrogens is 437 g/mol. The van der Waals surface area contributed by atoms with Gasteiger partial charge in [-0.15, -0.1) is 0 Å². The van der Waals surface area contributed by atoms with Gasteiger partial charge in [-0.1, -0.05) is 31.5 Å². The van der Waals surface area contributed by atoms with Crippen molar-refractivity contribution >= 4 is 33.4 Å². The predicted molar refractivity (Wildman–Crippen MR) is 109 cm³/mol. The Morgan fingerprint density at radius 1 is 1.40 bits per heavy atom. The molecule has 9 nitrogen and oxygen atoms in total. The number of pyridine rings is 2. The van der Waals surface area contributed by atoms with Crippen LogP contribution in [0.15, 0.2) is 24.4 Å². The molecule has 0 atom stereocenters. The average molecular weight is 458 g/mol. The minimum Gasteiger partial charge on any atom is -0.494 e. The Hall–Kier alpha value is -2.34. The first-order chi connectivity index (χ1) is 14.0. The summed E-state index contributed by atoms with van der Waals surface area (Å²) in [6.07, 6.45) is 1.31. The lowest BCUT2D eigenvalue weighted by Gasteiger charge is -2.47. The summed E-state index contributed by atoms with van der Waals surface area (Å²) in [7, 11) is -2.64. The molecule has 0 aromatic carbocycles. The van der Waals surface area contributed by atoms with Crippen molar-refractivity contribution in [3.05, 3.63) is 46.8 Å². The summed E-state index contributed by atoms with van der Waals surface area (Å²) in [4.78, 5) is 21.3. The molecule has 3 N–H and O–H groups in total. The zero-order chi connectivity index (χ0) is 22.3. The number of nitrogens with one attached hydrogen (secondary N) is 1. The monoisotopic (exact) mass is 457 g/mol. The maximum atomic E-state index is 14.0. The van der Waals surface area contributed by atoms with E-state index in [0.29, 0.717) is 5.56 Å². The van der Waals surface area contributed by atoms with Gasteiger partial charge in [-0.05, 0) is 17.5 Å². The zero-order valence-electron chi connectivity index (χ0n) is 16.5. The molecule has 0 unspecified atom stereocenters. The highest BCUT2D eigenvalue weighted by Gasteiger charge is 2.56. The number of hydrogen-bond donors (Lipinski definition) is 2. The van der Waals surface area contributed by atoms with Crippen molar-refractivity contribution in [2.75, 3.05) is 25.5 Å². The van der Waals surface area contributed by atoms with Gasteiger partial charge < -0.3 is 10.1 Å². The lowest BCUT2D eigenvalue weighted by atomic mass is 9.74. The van der Waals surface area contributed by atoms with Gasteiger partial charge >= 0.3 is 0 Å². The van der Waals surface area contributed by atoms with Crippen LogP contribution in [-0.4, -0.2) is 48.8 Å². The van der Waals surface area contributed by atoms with Gasteiger partial charge in [-0.2, -0.15) is 17.1 Å². The molecule has 0 aliphatic carbocycles. The molecule has 1 saturated heterocycles. The molecular formula is C18H21ClFN5O4S. The van der Waals surface area contributed by atoms with Crippen molar-refractivity contribution in [3.8, 4) is 5.75 Å². The minimum atomic E-state index is -4.04. The number of nitrogens with two attached hydrogens (primary N) is 1. The van der Waals surface area contributed by atoms with Crippen LogP contribution in [-0.2, 0) is 20.4 Å². The van der Waals surface area contributed by atoms with Crippen molar-refractivity contribution in [2.45, 2.75) is 25.2 Å². The molecule has 2 aromatic rings. The zero-order valence-corrected chi connectivity index (χ0v) is 18.1. The van der Waals surface area contributed by atoms with Gasteiger partial charge in [-0.3, -0.25) is 4.79 Å². The maximum Gasteiger partial charge on any atom is 0.276 e. The van der Waals surface area contributed by atoms with Crippen LogP contribution in [0, 0.1) is 5.95 Å². The Kier molecular flexibility index (Phi) is 6.01. The standard InChI is InChI=1S/C18H21ClFN5O4S/c1-10(2)11-4-5-15(20)24-16(11)18(8-25(9-18)30(21,27)28)17(26)23-12-7-22-14(19)6-13(12)29-3/h4-7,10H,8-9H2,1-3H3,(H,23,26)(H2,21,27,28). The summed E-state index contributed by atoms with van der Waals surface area (Å²) in [6, 6.07) is 4.16. The molecule has 2 aromatic heterocycles. The number of halogens is 2. The lowest BCUT2D eigenvalue weighted by molar-refractivity contribution is -0.125. The second-order valence-corrected chi connectivity index (χ2v) is 9.22. The summed E-state index contributed by atoms with van der Waals surface area (Å²) >= 11 is 5.86. The predicted octanol–water partition coefficient (Wildman–Crippen LogP) is 1.80. The topological polar surface area (TPSA) is 128 Å². The van der Waals surface area contributed by atoms with Crippen molar-refractivity contribution in [1.29, 1.82) is 0 Å². The third-order valence-electron chi connectivity index (χ3n) is 4.96. The summed E-state index contributed by atoms with van der Waals surface area (Å²) in [5.41, 5.74) is -0.431. The van der Waals surface area contributed by atoms with E-state index >= 15 is 0 Å². The number of carbonyl (C=O) groups is 1. The Morgan fingerprint density at radius 2 is 2.07 bits per heavy atom. The van der Waals surface area contributed by atoms with Gasteiger partial charge in [0.15, 0.2) is 0 Å². The second-order valence-electron chi connectivity index (χ2n) is 7.28. The van der Waals surface area contributed by atoms with E-state index in [1.54, 1.807) is 6.07 Å². The summed E-state index contributed by atoms with van der Waals surface area (Å²) in [5.74, 6) is -1.20. The van der Waals surface area contributed by atoms with Gasteiger partial charge in [-0.25, -0.2) is 15.1 Å². The largest absolute Gasteiger partial charge is 0.494 e. The van der Waals surface area contributed by atoms with Gasteiger partial charge in [0.25, 0.3) is 10.2 Å². The third-order valence-corrected chi connectivity index (χ3v) is 6.14. The highest BCUT2D eigenvalue weighted by atomic mass is 35.5. The number of ether oxygens (including phenoxy) is 1. The van der Waals surface area contributed by atoms with E-state index in [1.165, 1.54) is 25.4 Å². The minimum absolute atomic E-state index is 0.0898. The van der Waals surface area contributed by atoms with Crippen molar-refractivity contribution < 1.29 is 22.3 Å². The number of amides is 1. The molecule has 12 heteroatoms. The van der Waals surface area contributed by atoms with Crippen LogP contribution < -0.4 is 15.2 Å². The molecule has 30 heavy (non-hydrogen) atoms. The van der Waals surface area contributed by atoms with Crippen LogP contribution in [0.3, 0.4) is 0 Å². The van der Waals surface area contributed by atoms with Crippen molar-refractivity contribution in [3.63, 3.8) is 0 Å². The van der Waals surface area contributed by atoms with Crippen LogP contribution in [0.25, 0.3) is 0 Å². The first kappa shape index (κ1) is 22.3. The number of rotatable bonds is 6. The number of carbonyl (C=O) groups excluding carboxylic acids is 1. The molecule has 0 radical (unpaired) electrons. The van der Waals surface area contributed by atoms with E-state index in [9.17, 15) is 17.6 Å². The molecule has 1 amide bonds. The van der Waals surface area contributed by atoms with Gasteiger partial charge in [0.2, 0.25) is 11.9 Å². The van der Waals surface area contributed by atoms with Crippen LogP contribution in [0.4, 0.5) is 10.1 Å². The Morgan fingerprint density at radius 3 is 2.63 bits per heavy atom. The van der Waals surface area contributed by atoms with E-state index in [-0.39, 0.29) is 41.3 Å². The molecule has 0 bridgehead atoms. The Labute approximate surface area is 178 Å². The fraction of sp³-hybridized carbons (Fsp3) is 0.389. The molecule has 1 aliphatic heterocycles. The van der Waals surface area contributed by atoms with Crippen LogP contribution >= 0.6 is 11.6 Å². The number of methoxy groups -OCH3 is 1. The van der Waals surface area contributed by atoms with E-state index in [1.807, 2.05) is 13.8 Å². The normalized spacial score (nSPS) is 16.2. The first-order valence-corrected chi connectivity index (χ1v) is 10.8. The first-order valence-electron chi connectivity index (χ1n) is 8.93. The lowest BCUT2D eigenvalue weighted by Crippen LogP contribution is -2.67. The third kappa shape index (κ3) is 4.10. The molecule has 1 aliphatic rings. The molecule has 3 rings (SSSR count). The van der Waals surface area contributed by atoms with Crippen LogP contribution in [0.5, 0.6) is 5.75 Å². The Bertz CT molecular complexity index is 1090. The van der Waals surface area contributed by atoms with Crippen molar-refractivity contribution in [2.24, 2.45) is 5.14 Å². The number of aromatic nitrogens is 2. The smallest absolute Gasteiger partial charge is 0.276 e. The molecule has 0 saturated carbocycles. The highest BCUT2D eigenvalue weighted by Crippen LogP contribution is 2.40. The summed E-state index contributed by atoms with van der Waals surface area (Å²) < 4.78 is 43.7. The van der Waals surface area contributed by atoms with E-state index in [4.69, 9.17) is 21.5 Å². The van der Waals surface area contributed by atoms with Gasteiger partial charge in [0.05, 0.1) is 19.0 Å². The summed E-state index contributed by atoms with van der Waals surface area (Å²) in [5, 5.41) is 8.05. The molecule has 1 fully saturated rings. The highest BCUT2D eigenvalue weighted by molar-refractivity contribution is 7.86. The van der Waals surface area contributed by atoms with E-state index in [2.05, 4.69) is 15.3 Å². The van der Waals surface area contributed by atoms with Crippen molar-refractivity contribution in [1.82, 2.24) is 14.3 Å². The maximum absolute atomic E-state index is 14.0. The van der Waals surface area contributed by atoms with Gasteiger partial charge in [0.1, 0.15) is 22.0 Å². The number of anilines is 1. The van der Waals surface area contributed by atoms with Gasteiger partial charge in [0, 0.05) is 19.2 Å². The fourth-order valence-electron chi connectivity index (χ4n) is 3.35. The van der Waals surface area contributed by atoms with Crippen LogP contribution in [0.2, 0.25) is 5.15 Å². The molecule has 162 valence electrons. The van der Waals surface area contributed by atoms with E-state index in [0.717, 1.165) is 4.31 Å². The Balaban J connectivity index is 2.07. The average Bonchev–Trinajstić information content (AvgIpc) is 2.61.